The minimum atomic E-state index is -0.0544. The first-order chi connectivity index (χ1) is 7.70. The predicted octanol–water partition coefficient (Wildman–Crippen LogP) is 3.33. The van der Waals surface area contributed by atoms with E-state index in [0.29, 0.717) is 5.13 Å². The first kappa shape index (κ1) is 11.3. The molecule has 0 atom stereocenters. The Kier molecular flexibility index (Phi) is 3.36. The third kappa shape index (κ3) is 2.31. The van der Waals surface area contributed by atoms with Crippen molar-refractivity contribution in [2.75, 3.05) is 5.32 Å². The van der Waals surface area contributed by atoms with E-state index in [0.717, 1.165) is 21.7 Å². The number of aryl methyl sites for hydroxylation is 2. The Balaban J connectivity index is 2.14. The van der Waals surface area contributed by atoms with Gasteiger partial charge < -0.3 is 0 Å². The molecule has 3 nitrogen and oxygen atoms in total. The fourth-order valence-electron chi connectivity index (χ4n) is 1.38. The second kappa shape index (κ2) is 4.76. The number of thiazole rings is 1. The van der Waals surface area contributed by atoms with E-state index >= 15 is 0 Å². The molecule has 0 aliphatic heterocycles. The molecule has 0 spiro atoms. The topological polar surface area (TPSA) is 42.0 Å². The number of carbonyl (C=O) groups is 1. The summed E-state index contributed by atoms with van der Waals surface area (Å²) in [5, 5.41) is 5.43. The van der Waals surface area contributed by atoms with Crippen molar-refractivity contribution in [1.82, 2.24) is 4.98 Å². The molecule has 2 aromatic heterocycles. The Morgan fingerprint density at radius 3 is 3.00 bits per heavy atom. The highest BCUT2D eigenvalue weighted by Gasteiger charge is 2.13. The summed E-state index contributed by atoms with van der Waals surface area (Å²) in [5.74, 6) is -0.0544. The average Bonchev–Trinajstić information content (AvgIpc) is 2.86. The van der Waals surface area contributed by atoms with Crippen LogP contribution in [0.3, 0.4) is 0 Å². The van der Waals surface area contributed by atoms with Gasteiger partial charge in [0.15, 0.2) is 5.13 Å². The summed E-state index contributed by atoms with van der Waals surface area (Å²) in [6, 6.07) is 1.99. The van der Waals surface area contributed by atoms with Crippen LogP contribution in [0.1, 0.15) is 27.0 Å². The number of carbonyl (C=O) groups excluding carboxylic acids is 1. The molecule has 2 aromatic rings. The summed E-state index contributed by atoms with van der Waals surface area (Å²) in [6.07, 6.45) is 2.64. The molecule has 1 N–H and O–H groups in total. The van der Waals surface area contributed by atoms with Crippen molar-refractivity contribution in [3.8, 4) is 0 Å². The highest BCUT2D eigenvalue weighted by atomic mass is 32.1. The third-order valence-corrected chi connectivity index (χ3v) is 3.96. The van der Waals surface area contributed by atoms with Crippen molar-refractivity contribution < 1.29 is 4.79 Å². The largest absolute Gasteiger partial charge is 0.297 e. The van der Waals surface area contributed by atoms with E-state index in [1.165, 1.54) is 22.7 Å². The van der Waals surface area contributed by atoms with E-state index in [2.05, 4.69) is 10.3 Å². The van der Waals surface area contributed by atoms with Gasteiger partial charge in [-0.2, -0.15) is 0 Å². The second-order valence-electron chi connectivity index (χ2n) is 3.36. The minimum absolute atomic E-state index is 0.0544. The lowest BCUT2D eigenvalue weighted by Crippen LogP contribution is -2.11. The van der Waals surface area contributed by atoms with Crippen LogP contribution in [0.15, 0.2) is 17.6 Å². The normalized spacial score (nSPS) is 10.4. The second-order valence-corrected chi connectivity index (χ2v) is 5.51. The smallest absolute Gasteiger partial charge is 0.267 e. The lowest BCUT2D eigenvalue weighted by Gasteiger charge is -2.01. The molecule has 0 aromatic carbocycles. The van der Waals surface area contributed by atoms with Crippen molar-refractivity contribution in [3.05, 3.63) is 33.0 Å². The van der Waals surface area contributed by atoms with Gasteiger partial charge in [0, 0.05) is 11.1 Å². The fraction of sp³-hybridized carbons (Fsp3) is 0.273. The lowest BCUT2D eigenvalue weighted by molar-refractivity contribution is 0.103. The van der Waals surface area contributed by atoms with Gasteiger partial charge in [0.25, 0.3) is 5.91 Å². The summed E-state index contributed by atoms with van der Waals surface area (Å²) < 4.78 is 0. The molecule has 1 amide bonds. The molecule has 0 unspecified atom stereocenters. The summed E-state index contributed by atoms with van der Waals surface area (Å²) in [7, 11) is 0. The van der Waals surface area contributed by atoms with Crippen LogP contribution in [-0.4, -0.2) is 10.9 Å². The zero-order valence-electron chi connectivity index (χ0n) is 9.11. The fourth-order valence-corrected chi connectivity index (χ4v) is 2.93. The maximum atomic E-state index is 11.9. The number of anilines is 1. The molecule has 84 valence electrons. The summed E-state index contributed by atoms with van der Waals surface area (Å²) in [6.45, 7) is 4.02. The molecule has 0 saturated carbocycles. The standard InChI is InChI=1S/C11H12N2OS2/c1-3-8-4-5-15-9(8)10(14)13-11-12-6-7(2)16-11/h4-6H,3H2,1-2H3,(H,12,13,14). The van der Waals surface area contributed by atoms with Gasteiger partial charge in [0.1, 0.15) is 0 Å². The molecule has 0 bridgehead atoms. The number of thiophene rings is 1. The van der Waals surface area contributed by atoms with Crippen LogP contribution >= 0.6 is 22.7 Å². The number of rotatable bonds is 3. The maximum absolute atomic E-state index is 11.9. The van der Waals surface area contributed by atoms with E-state index in [4.69, 9.17) is 0 Å². The van der Waals surface area contributed by atoms with Gasteiger partial charge in [-0.15, -0.1) is 22.7 Å². The minimum Gasteiger partial charge on any atom is -0.297 e. The Hall–Kier alpha value is -1.20. The van der Waals surface area contributed by atoms with Gasteiger partial charge in [-0.1, -0.05) is 6.92 Å². The Labute approximate surface area is 102 Å². The first-order valence-corrected chi connectivity index (χ1v) is 6.70. The van der Waals surface area contributed by atoms with E-state index < -0.39 is 0 Å². The zero-order chi connectivity index (χ0) is 11.5. The lowest BCUT2D eigenvalue weighted by atomic mass is 10.2. The molecule has 2 heterocycles. The van der Waals surface area contributed by atoms with Crippen molar-refractivity contribution in [2.45, 2.75) is 20.3 Å². The van der Waals surface area contributed by atoms with Crippen LogP contribution in [0.4, 0.5) is 5.13 Å². The highest BCUT2D eigenvalue weighted by Crippen LogP contribution is 2.21. The first-order valence-electron chi connectivity index (χ1n) is 5.01. The molecular formula is C11H12N2OS2. The molecule has 2 rings (SSSR count). The Morgan fingerprint density at radius 1 is 1.56 bits per heavy atom. The molecule has 0 radical (unpaired) electrons. The van der Waals surface area contributed by atoms with Gasteiger partial charge in [-0.3, -0.25) is 10.1 Å². The Morgan fingerprint density at radius 2 is 2.38 bits per heavy atom. The van der Waals surface area contributed by atoms with Crippen LogP contribution in [-0.2, 0) is 6.42 Å². The van der Waals surface area contributed by atoms with Gasteiger partial charge in [0.05, 0.1) is 4.88 Å². The maximum Gasteiger partial charge on any atom is 0.267 e. The van der Waals surface area contributed by atoms with E-state index in [-0.39, 0.29) is 5.91 Å². The number of amides is 1. The molecule has 5 heteroatoms. The number of hydrogen-bond donors (Lipinski definition) is 1. The molecule has 0 saturated heterocycles. The van der Waals surface area contributed by atoms with Gasteiger partial charge in [-0.25, -0.2) is 4.98 Å². The van der Waals surface area contributed by atoms with Gasteiger partial charge >= 0.3 is 0 Å². The SMILES string of the molecule is CCc1ccsc1C(=O)Nc1ncc(C)s1. The van der Waals surface area contributed by atoms with Crippen molar-refractivity contribution in [1.29, 1.82) is 0 Å². The van der Waals surface area contributed by atoms with Crippen molar-refractivity contribution in [3.63, 3.8) is 0 Å². The van der Waals surface area contributed by atoms with E-state index in [1.807, 2.05) is 25.3 Å². The van der Waals surface area contributed by atoms with Crippen LogP contribution in [0.25, 0.3) is 0 Å². The van der Waals surface area contributed by atoms with Crippen LogP contribution < -0.4 is 5.32 Å². The number of nitrogens with zero attached hydrogens (tertiary/aromatic N) is 1. The van der Waals surface area contributed by atoms with Crippen LogP contribution in [0, 0.1) is 6.92 Å². The zero-order valence-corrected chi connectivity index (χ0v) is 10.7. The molecule has 0 fully saturated rings. The van der Waals surface area contributed by atoms with E-state index in [9.17, 15) is 4.79 Å². The van der Waals surface area contributed by atoms with Crippen molar-refractivity contribution in [2.24, 2.45) is 0 Å². The molecule has 0 aliphatic rings. The van der Waals surface area contributed by atoms with Gasteiger partial charge in [0.2, 0.25) is 0 Å². The summed E-state index contributed by atoms with van der Waals surface area (Å²) in [5.41, 5.74) is 1.09. The average molecular weight is 252 g/mol. The van der Waals surface area contributed by atoms with Crippen LogP contribution in [0.5, 0.6) is 0 Å². The van der Waals surface area contributed by atoms with Gasteiger partial charge in [-0.05, 0) is 30.4 Å². The predicted molar refractivity (Wildman–Crippen MR) is 68.5 cm³/mol. The molecule has 16 heavy (non-hydrogen) atoms. The quantitative estimate of drug-likeness (QED) is 0.910. The van der Waals surface area contributed by atoms with Crippen molar-refractivity contribution >= 4 is 33.7 Å². The number of aromatic nitrogens is 1. The number of hydrogen-bond acceptors (Lipinski definition) is 4. The van der Waals surface area contributed by atoms with Crippen LogP contribution in [0.2, 0.25) is 0 Å². The number of nitrogens with one attached hydrogen (secondary N) is 1. The monoisotopic (exact) mass is 252 g/mol. The summed E-state index contributed by atoms with van der Waals surface area (Å²) in [4.78, 5) is 17.9. The third-order valence-electron chi connectivity index (χ3n) is 2.18. The summed E-state index contributed by atoms with van der Waals surface area (Å²) >= 11 is 2.96. The van der Waals surface area contributed by atoms with E-state index in [1.54, 1.807) is 6.20 Å². The highest BCUT2D eigenvalue weighted by molar-refractivity contribution is 7.16. The Bertz CT molecular complexity index is 502. The molecular weight excluding hydrogens is 240 g/mol. The molecule has 0 aliphatic carbocycles.